The van der Waals surface area contributed by atoms with E-state index in [1.165, 1.54) is 18.0 Å². The van der Waals surface area contributed by atoms with Crippen LogP contribution in [0.4, 0.5) is 0 Å². The summed E-state index contributed by atoms with van der Waals surface area (Å²) in [6, 6.07) is 12.0. The van der Waals surface area contributed by atoms with E-state index < -0.39 is 0 Å². The van der Waals surface area contributed by atoms with Gasteiger partial charge in [0.25, 0.3) is 5.56 Å². The molecule has 0 saturated heterocycles. The lowest BCUT2D eigenvalue weighted by molar-refractivity contribution is 0.592. The SMILES string of the molecule is Cc1ccnc2[nH]c(CSc3nc4nccnc4c(=O)n3CCc3ccccc3)nc12. The minimum absolute atomic E-state index is 0.182. The van der Waals surface area contributed by atoms with Gasteiger partial charge in [-0.25, -0.2) is 24.9 Å². The van der Waals surface area contributed by atoms with Crippen LogP contribution in [0.5, 0.6) is 0 Å². The number of H-pyrrole nitrogens is 1. The van der Waals surface area contributed by atoms with Gasteiger partial charge in [0.1, 0.15) is 11.3 Å². The van der Waals surface area contributed by atoms with Crippen molar-refractivity contribution in [1.29, 1.82) is 0 Å². The number of aromatic nitrogens is 7. The highest BCUT2D eigenvalue weighted by Gasteiger charge is 2.15. The molecule has 5 rings (SSSR count). The van der Waals surface area contributed by atoms with E-state index in [4.69, 9.17) is 0 Å². The molecule has 0 unspecified atom stereocenters. The van der Waals surface area contributed by atoms with E-state index in [-0.39, 0.29) is 11.1 Å². The van der Waals surface area contributed by atoms with Crippen LogP contribution in [0, 0.1) is 6.92 Å². The summed E-state index contributed by atoms with van der Waals surface area (Å²) in [5.41, 5.74) is 4.29. The van der Waals surface area contributed by atoms with Gasteiger partial charge in [-0.2, -0.15) is 0 Å². The van der Waals surface area contributed by atoms with Gasteiger partial charge in [-0.1, -0.05) is 42.1 Å². The van der Waals surface area contributed by atoms with Crippen molar-refractivity contribution in [3.8, 4) is 0 Å². The number of aryl methyl sites for hydroxylation is 2. The zero-order valence-electron chi connectivity index (χ0n) is 16.8. The first kappa shape index (κ1) is 19.4. The maximum Gasteiger partial charge on any atom is 0.282 e. The summed E-state index contributed by atoms with van der Waals surface area (Å²) in [5, 5.41) is 0.596. The number of nitrogens with zero attached hydrogens (tertiary/aromatic N) is 6. The van der Waals surface area contributed by atoms with Crippen molar-refractivity contribution >= 4 is 34.1 Å². The highest BCUT2D eigenvalue weighted by atomic mass is 32.2. The zero-order valence-corrected chi connectivity index (χ0v) is 17.6. The molecule has 0 fully saturated rings. The number of aromatic amines is 1. The van der Waals surface area contributed by atoms with E-state index in [0.29, 0.717) is 23.1 Å². The molecule has 0 radical (unpaired) electrons. The quantitative estimate of drug-likeness (QED) is 0.326. The summed E-state index contributed by atoms with van der Waals surface area (Å²) in [4.78, 5) is 38.4. The van der Waals surface area contributed by atoms with Crippen molar-refractivity contribution in [3.63, 3.8) is 0 Å². The molecule has 1 aromatic carbocycles. The first-order valence-corrected chi connectivity index (χ1v) is 10.9. The van der Waals surface area contributed by atoms with Crippen molar-refractivity contribution in [2.45, 2.75) is 30.8 Å². The second kappa shape index (κ2) is 8.27. The smallest absolute Gasteiger partial charge is 0.282 e. The summed E-state index contributed by atoms with van der Waals surface area (Å²) in [6.07, 6.45) is 5.54. The molecule has 0 bridgehead atoms. The fourth-order valence-electron chi connectivity index (χ4n) is 3.41. The van der Waals surface area contributed by atoms with Crippen LogP contribution >= 0.6 is 11.8 Å². The van der Waals surface area contributed by atoms with Gasteiger partial charge < -0.3 is 4.98 Å². The highest BCUT2D eigenvalue weighted by Crippen LogP contribution is 2.22. The van der Waals surface area contributed by atoms with E-state index in [1.807, 2.05) is 31.2 Å². The topological polar surface area (TPSA) is 102 Å². The van der Waals surface area contributed by atoms with Gasteiger partial charge in [0.05, 0.1) is 5.75 Å². The lowest BCUT2D eigenvalue weighted by Gasteiger charge is -2.12. The van der Waals surface area contributed by atoms with Crippen LogP contribution in [0.1, 0.15) is 17.0 Å². The van der Waals surface area contributed by atoms with Crippen molar-refractivity contribution in [2.75, 3.05) is 0 Å². The standard InChI is InChI=1S/C22H19N7OS/c1-14-7-9-24-19-17(14)26-16(27-19)13-31-22-28-20-18(23-10-11-25-20)21(30)29(22)12-8-15-5-3-2-4-6-15/h2-7,9-11H,8,12-13H2,1H3,(H,24,26,27). The Bertz CT molecular complexity index is 1430. The molecular weight excluding hydrogens is 410 g/mol. The van der Waals surface area contributed by atoms with Gasteiger partial charge in [0, 0.05) is 25.1 Å². The van der Waals surface area contributed by atoms with Gasteiger partial charge in [0.2, 0.25) is 0 Å². The summed E-state index contributed by atoms with van der Waals surface area (Å²) in [5.74, 6) is 1.31. The largest absolute Gasteiger partial charge is 0.326 e. The lowest BCUT2D eigenvalue weighted by atomic mass is 10.1. The molecule has 0 aliphatic rings. The summed E-state index contributed by atoms with van der Waals surface area (Å²) in [6.45, 7) is 2.51. The second-order valence-electron chi connectivity index (χ2n) is 7.11. The van der Waals surface area contributed by atoms with Crippen molar-refractivity contribution < 1.29 is 0 Å². The lowest BCUT2D eigenvalue weighted by Crippen LogP contribution is -2.25. The molecule has 0 saturated carbocycles. The summed E-state index contributed by atoms with van der Waals surface area (Å²) >= 11 is 1.45. The minimum Gasteiger partial charge on any atom is -0.326 e. The number of rotatable bonds is 6. The van der Waals surface area contributed by atoms with Crippen LogP contribution in [0.15, 0.2) is 64.9 Å². The first-order valence-electron chi connectivity index (χ1n) is 9.87. The Balaban J connectivity index is 1.48. The number of hydrogen-bond acceptors (Lipinski definition) is 7. The van der Waals surface area contributed by atoms with Crippen molar-refractivity contribution in [1.82, 2.24) is 34.5 Å². The maximum atomic E-state index is 13.1. The predicted octanol–water partition coefficient (Wildman–Crippen LogP) is 3.30. The second-order valence-corrected chi connectivity index (χ2v) is 8.06. The molecule has 0 amide bonds. The van der Waals surface area contributed by atoms with Gasteiger partial charge in [0.15, 0.2) is 22.0 Å². The minimum atomic E-state index is -0.182. The molecule has 4 heterocycles. The van der Waals surface area contributed by atoms with Gasteiger partial charge in [-0.3, -0.25) is 9.36 Å². The van der Waals surface area contributed by atoms with Gasteiger partial charge in [-0.15, -0.1) is 0 Å². The Labute approximate surface area is 181 Å². The molecule has 0 aliphatic carbocycles. The fourth-order valence-corrected chi connectivity index (χ4v) is 4.29. The number of pyridine rings is 1. The van der Waals surface area contributed by atoms with Crippen LogP contribution in [0.3, 0.4) is 0 Å². The van der Waals surface area contributed by atoms with Crippen LogP contribution in [-0.4, -0.2) is 34.5 Å². The Morgan fingerprint density at radius 3 is 2.65 bits per heavy atom. The fraction of sp³-hybridized carbons (Fsp3) is 0.182. The zero-order chi connectivity index (χ0) is 21.2. The Hall–Kier alpha value is -3.59. The molecular formula is C22H19N7OS. The number of benzene rings is 1. The monoisotopic (exact) mass is 429 g/mol. The van der Waals surface area contributed by atoms with Gasteiger partial charge >= 0.3 is 0 Å². The van der Waals surface area contributed by atoms with Crippen LogP contribution < -0.4 is 5.56 Å². The molecule has 4 aromatic heterocycles. The van der Waals surface area contributed by atoms with Gasteiger partial charge in [-0.05, 0) is 30.5 Å². The van der Waals surface area contributed by atoms with Crippen LogP contribution in [0.2, 0.25) is 0 Å². The molecule has 31 heavy (non-hydrogen) atoms. The third-order valence-corrected chi connectivity index (χ3v) is 5.99. The Morgan fingerprint density at radius 1 is 0.968 bits per heavy atom. The van der Waals surface area contributed by atoms with E-state index in [9.17, 15) is 4.79 Å². The van der Waals surface area contributed by atoms with Crippen molar-refractivity contribution in [3.05, 3.63) is 82.3 Å². The molecule has 154 valence electrons. The average Bonchev–Trinajstić information content (AvgIpc) is 3.22. The molecule has 5 aromatic rings. The molecule has 0 spiro atoms. The van der Waals surface area contributed by atoms with Crippen LogP contribution in [-0.2, 0) is 18.7 Å². The molecule has 1 N–H and O–H groups in total. The van der Waals surface area contributed by atoms with Crippen LogP contribution in [0.25, 0.3) is 22.3 Å². The molecule has 0 aliphatic heterocycles. The van der Waals surface area contributed by atoms with E-state index >= 15 is 0 Å². The Morgan fingerprint density at radius 2 is 1.81 bits per heavy atom. The number of thioether (sulfide) groups is 1. The summed E-state index contributed by atoms with van der Waals surface area (Å²) < 4.78 is 1.68. The third kappa shape index (κ3) is 3.91. The highest BCUT2D eigenvalue weighted by molar-refractivity contribution is 7.98. The molecule has 9 heteroatoms. The third-order valence-electron chi connectivity index (χ3n) is 5.00. The number of fused-ring (bicyclic) bond motifs is 2. The molecule has 8 nitrogen and oxygen atoms in total. The van der Waals surface area contributed by atoms with E-state index in [0.717, 1.165) is 34.5 Å². The van der Waals surface area contributed by atoms with E-state index in [1.54, 1.807) is 17.0 Å². The number of nitrogens with one attached hydrogen (secondary N) is 1. The normalized spacial score (nSPS) is 11.4. The number of hydrogen-bond donors (Lipinski definition) is 1. The Kier molecular flexibility index (Phi) is 5.17. The number of imidazole rings is 1. The first-order chi connectivity index (χ1) is 15.2. The summed E-state index contributed by atoms with van der Waals surface area (Å²) in [7, 11) is 0. The van der Waals surface area contributed by atoms with E-state index in [2.05, 4.69) is 42.0 Å². The van der Waals surface area contributed by atoms with Crippen molar-refractivity contribution in [2.24, 2.45) is 0 Å². The molecule has 0 atom stereocenters. The average molecular weight is 430 g/mol. The maximum absolute atomic E-state index is 13.1. The predicted molar refractivity (Wildman–Crippen MR) is 120 cm³/mol.